The van der Waals surface area contributed by atoms with Gasteiger partial charge in [-0.15, -0.1) is 11.3 Å². The van der Waals surface area contributed by atoms with E-state index in [1.165, 1.54) is 0 Å². The molecular formula is C28H22F2N6S. The Morgan fingerprint density at radius 1 is 0.973 bits per heavy atom. The van der Waals surface area contributed by atoms with Crippen LogP contribution in [0.25, 0.3) is 54.9 Å². The first-order valence-electron chi connectivity index (χ1n) is 12.1. The lowest BCUT2D eigenvalue weighted by molar-refractivity contribution is 0.0115. The average molecular weight is 513 g/mol. The van der Waals surface area contributed by atoms with Gasteiger partial charge in [-0.2, -0.15) is 5.10 Å². The topological polar surface area (TPSA) is 73.5 Å². The number of aromatic amines is 2. The Labute approximate surface area is 215 Å². The SMILES string of the molecule is FC1(F)CCN(Cc2cncc(-c3ccc4[nH]nc(-c5cc6c(-c7cccs7)nccc6[nH]5)c4c3)c2)C1. The van der Waals surface area contributed by atoms with Crippen LogP contribution in [0.3, 0.4) is 0 Å². The molecule has 0 spiro atoms. The number of benzene rings is 1. The van der Waals surface area contributed by atoms with E-state index in [1.807, 2.05) is 42.7 Å². The fourth-order valence-corrected chi connectivity index (χ4v) is 5.86. The van der Waals surface area contributed by atoms with E-state index < -0.39 is 5.92 Å². The third-order valence-corrected chi connectivity index (χ3v) is 7.78. The van der Waals surface area contributed by atoms with Gasteiger partial charge in [0.1, 0.15) is 5.69 Å². The fraction of sp³-hybridized carbons (Fsp3) is 0.179. The van der Waals surface area contributed by atoms with Crippen molar-refractivity contribution in [3.05, 3.63) is 78.1 Å². The molecule has 5 aromatic heterocycles. The molecule has 0 atom stereocenters. The molecule has 1 fully saturated rings. The Morgan fingerprint density at radius 3 is 2.73 bits per heavy atom. The van der Waals surface area contributed by atoms with Gasteiger partial charge in [0.2, 0.25) is 0 Å². The summed E-state index contributed by atoms with van der Waals surface area (Å²) in [6, 6.07) is 16.4. The molecule has 6 nitrogen and oxygen atoms in total. The van der Waals surface area contributed by atoms with Crippen molar-refractivity contribution in [1.29, 1.82) is 0 Å². The number of hydrogen-bond acceptors (Lipinski definition) is 5. The molecule has 1 saturated heterocycles. The highest BCUT2D eigenvalue weighted by molar-refractivity contribution is 7.13. The zero-order valence-electron chi connectivity index (χ0n) is 19.7. The molecule has 0 unspecified atom stereocenters. The van der Waals surface area contributed by atoms with Crippen molar-refractivity contribution in [2.75, 3.05) is 13.1 Å². The Kier molecular flexibility index (Phi) is 5.16. The number of nitrogens with one attached hydrogen (secondary N) is 2. The number of aromatic nitrogens is 5. The van der Waals surface area contributed by atoms with Crippen molar-refractivity contribution in [2.24, 2.45) is 0 Å². The second-order valence-electron chi connectivity index (χ2n) is 9.51. The third-order valence-electron chi connectivity index (χ3n) is 6.90. The van der Waals surface area contributed by atoms with Crippen LogP contribution >= 0.6 is 11.3 Å². The summed E-state index contributed by atoms with van der Waals surface area (Å²) in [7, 11) is 0. The summed E-state index contributed by atoms with van der Waals surface area (Å²) in [5, 5.41) is 11.9. The summed E-state index contributed by atoms with van der Waals surface area (Å²) in [5.74, 6) is -2.60. The summed E-state index contributed by atoms with van der Waals surface area (Å²) >= 11 is 1.67. The van der Waals surface area contributed by atoms with Crippen molar-refractivity contribution in [1.82, 2.24) is 30.0 Å². The van der Waals surface area contributed by atoms with Crippen LogP contribution in [0.4, 0.5) is 8.78 Å². The van der Waals surface area contributed by atoms with Crippen LogP contribution in [0.5, 0.6) is 0 Å². The van der Waals surface area contributed by atoms with Gasteiger partial charge in [-0.25, -0.2) is 8.78 Å². The molecule has 0 aliphatic carbocycles. The smallest absolute Gasteiger partial charge is 0.261 e. The van der Waals surface area contributed by atoms with Gasteiger partial charge in [-0.3, -0.25) is 20.0 Å². The summed E-state index contributed by atoms with van der Waals surface area (Å²) in [5.41, 5.74) is 7.48. The van der Waals surface area contributed by atoms with Crippen LogP contribution < -0.4 is 0 Å². The van der Waals surface area contributed by atoms with Gasteiger partial charge in [-0.05, 0) is 52.9 Å². The van der Waals surface area contributed by atoms with Crippen molar-refractivity contribution < 1.29 is 8.78 Å². The number of H-pyrrole nitrogens is 2. The van der Waals surface area contributed by atoms with E-state index in [-0.39, 0.29) is 13.0 Å². The monoisotopic (exact) mass is 512 g/mol. The van der Waals surface area contributed by atoms with Crippen molar-refractivity contribution >= 4 is 33.1 Å². The highest BCUT2D eigenvalue weighted by Crippen LogP contribution is 2.35. The lowest BCUT2D eigenvalue weighted by Crippen LogP contribution is -2.24. The summed E-state index contributed by atoms with van der Waals surface area (Å²) in [6.45, 7) is 0.664. The van der Waals surface area contributed by atoms with Gasteiger partial charge in [0.05, 0.1) is 28.3 Å². The lowest BCUT2D eigenvalue weighted by atomic mass is 10.0. The largest absolute Gasteiger partial charge is 0.353 e. The number of fused-ring (bicyclic) bond motifs is 2. The number of rotatable bonds is 5. The van der Waals surface area contributed by atoms with E-state index in [0.717, 1.165) is 60.5 Å². The number of hydrogen-bond donors (Lipinski definition) is 2. The number of nitrogens with zero attached hydrogens (tertiary/aromatic N) is 4. The zero-order valence-corrected chi connectivity index (χ0v) is 20.5. The van der Waals surface area contributed by atoms with Crippen LogP contribution in [-0.4, -0.2) is 49.1 Å². The molecule has 6 aromatic rings. The van der Waals surface area contributed by atoms with E-state index >= 15 is 0 Å². The molecule has 0 bridgehead atoms. The first-order valence-corrected chi connectivity index (χ1v) is 12.9. The minimum absolute atomic E-state index is 0.0846. The average Bonchev–Trinajstić information content (AvgIpc) is 3.69. The minimum atomic E-state index is -2.60. The fourth-order valence-electron chi connectivity index (χ4n) is 5.12. The standard InChI is InChI=1S/C28H22F2N6S/c29-28(30)6-8-36(16-28)15-17-10-19(14-31-13-17)18-3-4-23-20(11-18)26(35-34-23)24-12-21-22(33-24)5-7-32-27(21)25-2-1-9-37-25/h1-5,7,9-14,33H,6,8,15-16H2,(H,34,35). The highest BCUT2D eigenvalue weighted by Gasteiger charge is 2.37. The summed E-state index contributed by atoms with van der Waals surface area (Å²) in [6.07, 6.45) is 5.30. The first kappa shape index (κ1) is 22.3. The Hall–Kier alpha value is -3.95. The maximum atomic E-state index is 13.6. The van der Waals surface area contributed by atoms with Crippen molar-refractivity contribution in [3.8, 4) is 33.1 Å². The molecular weight excluding hydrogens is 490 g/mol. The first-order chi connectivity index (χ1) is 18.0. The second kappa shape index (κ2) is 8.57. The molecule has 37 heavy (non-hydrogen) atoms. The van der Waals surface area contributed by atoms with Crippen molar-refractivity contribution in [3.63, 3.8) is 0 Å². The second-order valence-corrected chi connectivity index (χ2v) is 10.5. The molecule has 2 N–H and O–H groups in total. The van der Waals surface area contributed by atoms with Crippen LogP contribution in [-0.2, 0) is 6.54 Å². The molecule has 1 aliphatic heterocycles. The minimum Gasteiger partial charge on any atom is -0.353 e. The van der Waals surface area contributed by atoms with Gasteiger partial charge in [-0.1, -0.05) is 12.1 Å². The predicted octanol–water partition coefficient (Wildman–Crippen LogP) is 6.74. The molecule has 1 aromatic carbocycles. The molecule has 184 valence electrons. The molecule has 0 radical (unpaired) electrons. The van der Waals surface area contributed by atoms with Gasteiger partial charge >= 0.3 is 0 Å². The maximum Gasteiger partial charge on any atom is 0.261 e. The number of pyridine rings is 2. The van der Waals surface area contributed by atoms with Gasteiger partial charge < -0.3 is 4.98 Å². The number of likely N-dealkylation sites (tertiary alicyclic amines) is 1. The Bertz CT molecular complexity index is 1740. The number of thiophene rings is 1. The van der Waals surface area contributed by atoms with Crippen LogP contribution in [0.2, 0.25) is 0 Å². The van der Waals surface area contributed by atoms with Gasteiger partial charge in [0.15, 0.2) is 0 Å². The third kappa shape index (κ3) is 4.10. The quantitative estimate of drug-likeness (QED) is 0.268. The van der Waals surface area contributed by atoms with E-state index in [2.05, 4.69) is 48.7 Å². The van der Waals surface area contributed by atoms with Crippen LogP contribution in [0.15, 0.2) is 72.5 Å². The zero-order chi connectivity index (χ0) is 25.0. The van der Waals surface area contributed by atoms with Crippen LogP contribution in [0, 0.1) is 0 Å². The Morgan fingerprint density at radius 2 is 1.89 bits per heavy atom. The highest BCUT2D eigenvalue weighted by atomic mass is 32.1. The van der Waals surface area contributed by atoms with E-state index in [1.54, 1.807) is 22.4 Å². The number of alkyl halides is 2. The maximum absolute atomic E-state index is 13.6. The molecule has 6 heterocycles. The summed E-state index contributed by atoms with van der Waals surface area (Å²) < 4.78 is 27.3. The molecule has 0 amide bonds. The molecule has 1 aliphatic rings. The lowest BCUT2D eigenvalue weighted by Gasteiger charge is -2.15. The molecule has 9 heteroatoms. The molecule has 0 saturated carbocycles. The Balaban J connectivity index is 1.24. The predicted molar refractivity (Wildman–Crippen MR) is 143 cm³/mol. The van der Waals surface area contributed by atoms with E-state index in [4.69, 9.17) is 0 Å². The van der Waals surface area contributed by atoms with Gasteiger partial charge in [0.25, 0.3) is 5.92 Å². The van der Waals surface area contributed by atoms with E-state index in [9.17, 15) is 8.78 Å². The van der Waals surface area contributed by atoms with Crippen molar-refractivity contribution in [2.45, 2.75) is 18.9 Å². The normalized spacial score (nSPS) is 15.7. The van der Waals surface area contributed by atoms with Crippen LogP contribution in [0.1, 0.15) is 12.0 Å². The number of halogens is 2. The van der Waals surface area contributed by atoms with Gasteiger partial charge in [0, 0.05) is 60.0 Å². The van der Waals surface area contributed by atoms with E-state index in [0.29, 0.717) is 13.1 Å². The summed E-state index contributed by atoms with van der Waals surface area (Å²) in [4.78, 5) is 15.4. The molecule has 7 rings (SSSR count).